The number of carbonyl (C=O) groups excluding carboxylic acids is 1. The number of amides is 1. The standard InChI is InChI=1S/C18H30N4O/c1-6-8-16(23)21-15-11-9-14(10-12-15)13-20-17(19-7-2)22-18(3,4)5/h9-12H,6-8,13H2,1-5H3,(H,21,23)(H2,19,20,22). The molecular formula is C18H30N4O. The fraction of sp³-hybridized carbons (Fsp3) is 0.556. The molecule has 1 aromatic rings. The summed E-state index contributed by atoms with van der Waals surface area (Å²) in [4.78, 5) is 16.2. The molecule has 23 heavy (non-hydrogen) atoms. The van der Waals surface area contributed by atoms with Crippen LogP contribution in [0.1, 0.15) is 53.0 Å². The fourth-order valence-corrected chi connectivity index (χ4v) is 1.98. The van der Waals surface area contributed by atoms with Gasteiger partial charge < -0.3 is 16.0 Å². The Balaban J connectivity index is 2.65. The van der Waals surface area contributed by atoms with Crippen molar-refractivity contribution >= 4 is 17.6 Å². The average Bonchev–Trinajstić information content (AvgIpc) is 2.45. The van der Waals surface area contributed by atoms with Crippen LogP contribution in [0.2, 0.25) is 0 Å². The summed E-state index contributed by atoms with van der Waals surface area (Å²) in [6.07, 6.45) is 1.41. The third kappa shape index (κ3) is 8.24. The maximum Gasteiger partial charge on any atom is 0.224 e. The minimum Gasteiger partial charge on any atom is -0.357 e. The first-order valence-electron chi connectivity index (χ1n) is 8.29. The summed E-state index contributed by atoms with van der Waals surface area (Å²) in [5, 5.41) is 9.49. The molecule has 128 valence electrons. The molecule has 0 unspecified atom stereocenters. The zero-order chi connectivity index (χ0) is 17.3. The maximum absolute atomic E-state index is 11.6. The van der Waals surface area contributed by atoms with E-state index >= 15 is 0 Å². The highest BCUT2D eigenvalue weighted by Crippen LogP contribution is 2.11. The van der Waals surface area contributed by atoms with Gasteiger partial charge in [-0.25, -0.2) is 4.99 Å². The molecule has 0 spiro atoms. The van der Waals surface area contributed by atoms with Crippen molar-refractivity contribution in [1.29, 1.82) is 0 Å². The Kier molecular flexibility index (Phi) is 7.59. The Morgan fingerprint density at radius 1 is 1.13 bits per heavy atom. The second-order valence-electron chi connectivity index (χ2n) is 6.57. The van der Waals surface area contributed by atoms with Gasteiger partial charge in [0.1, 0.15) is 0 Å². The lowest BCUT2D eigenvalue weighted by molar-refractivity contribution is -0.116. The molecule has 0 radical (unpaired) electrons. The Hall–Kier alpha value is -2.04. The molecule has 1 rings (SSSR count). The number of benzene rings is 1. The van der Waals surface area contributed by atoms with Gasteiger partial charge in [-0.1, -0.05) is 19.1 Å². The zero-order valence-electron chi connectivity index (χ0n) is 15.0. The monoisotopic (exact) mass is 318 g/mol. The number of hydrogen-bond acceptors (Lipinski definition) is 2. The van der Waals surface area contributed by atoms with Gasteiger partial charge in [-0.15, -0.1) is 0 Å². The maximum atomic E-state index is 11.6. The Labute approximate surface area is 140 Å². The lowest BCUT2D eigenvalue weighted by atomic mass is 10.1. The van der Waals surface area contributed by atoms with E-state index in [1.807, 2.05) is 38.1 Å². The second kappa shape index (κ2) is 9.18. The van der Waals surface area contributed by atoms with Crippen LogP contribution in [-0.4, -0.2) is 24.0 Å². The predicted molar refractivity (Wildman–Crippen MR) is 97.7 cm³/mol. The van der Waals surface area contributed by atoms with Crippen LogP contribution in [0.4, 0.5) is 5.69 Å². The smallest absolute Gasteiger partial charge is 0.224 e. The number of anilines is 1. The van der Waals surface area contributed by atoms with Gasteiger partial charge in [0.05, 0.1) is 6.54 Å². The van der Waals surface area contributed by atoms with Crippen molar-refractivity contribution < 1.29 is 4.79 Å². The molecule has 0 fully saturated rings. The Morgan fingerprint density at radius 3 is 2.30 bits per heavy atom. The number of aliphatic imine (C=N–C) groups is 1. The van der Waals surface area contributed by atoms with E-state index in [0.717, 1.165) is 30.2 Å². The summed E-state index contributed by atoms with van der Waals surface area (Å²) < 4.78 is 0. The van der Waals surface area contributed by atoms with Gasteiger partial charge in [-0.3, -0.25) is 4.79 Å². The predicted octanol–water partition coefficient (Wildman–Crippen LogP) is 3.28. The van der Waals surface area contributed by atoms with Crippen LogP contribution in [0.3, 0.4) is 0 Å². The Bertz CT molecular complexity index is 515. The van der Waals surface area contributed by atoms with Crippen LogP contribution in [0.5, 0.6) is 0 Å². The molecular weight excluding hydrogens is 288 g/mol. The van der Waals surface area contributed by atoms with Crippen LogP contribution >= 0.6 is 0 Å². The van der Waals surface area contributed by atoms with E-state index in [1.165, 1.54) is 0 Å². The third-order valence-corrected chi connectivity index (χ3v) is 2.97. The minimum atomic E-state index is -0.0333. The van der Waals surface area contributed by atoms with Crippen molar-refractivity contribution in [2.45, 2.75) is 59.5 Å². The van der Waals surface area contributed by atoms with Gasteiger partial charge in [0, 0.05) is 24.2 Å². The van der Waals surface area contributed by atoms with E-state index in [4.69, 9.17) is 0 Å². The van der Waals surface area contributed by atoms with Gasteiger partial charge in [-0.2, -0.15) is 0 Å². The first-order chi connectivity index (χ1) is 10.8. The summed E-state index contributed by atoms with van der Waals surface area (Å²) in [7, 11) is 0. The number of rotatable bonds is 6. The SMILES string of the molecule is CCCC(=O)Nc1ccc(CN=C(NCC)NC(C)(C)C)cc1. The lowest BCUT2D eigenvalue weighted by Crippen LogP contribution is -2.47. The molecule has 0 atom stereocenters. The number of carbonyl (C=O) groups is 1. The molecule has 0 bridgehead atoms. The van der Waals surface area contributed by atoms with E-state index in [9.17, 15) is 4.79 Å². The summed E-state index contributed by atoms with van der Waals surface area (Å²) in [5.41, 5.74) is 1.90. The molecule has 0 saturated heterocycles. The van der Waals surface area contributed by atoms with E-state index in [0.29, 0.717) is 13.0 Å². The number of guanidine groups is 1. The second-order valence-corrected chi connectivity index (χ2v) is 6.57. The van der Waals surface area contributed by atoms with Crippen molar-refractivity contribution in [3.63, 3.8) is 0 Å². The number of nitrogens with zero attached hydrogens (tertiary/aromatic N) is 1. The molecule has 1 aromatic carbocycles. The molecule has 5 heteroatoms. The van der Waals surface area contributed by atoms with E-state index < -0.39 is 0 Å². The van der Waals surface area contributed by atoms with Crippen LogP contribution in [0.15, 0.2) is 29.3 Å². The van der Waals surface area contributed by atoms with Gasteiger partial charge in [0.15, 0.2) is 5.96 Å². The summed E-state index contributed by atoms with van der Waals surface area (Å²) in [6, 6.07) is 7.82. The normalized spacial score (nSPS) is 12.0. The molecule has 0 aliphatic rings. The molecule has 3 N–H and O–H groups in total. The quantitative estimate of drug-likeness (QED) is 0.557. The average molecular weight is 318 g/mol. The van der Waals surface area contributed by atoms with Crippen molar-refractivity contribution in [2.24, 2.45) is 4.99 Å². The van der Waals surface area contributed by atoms with E-state index in [-0.39, 0.29) is 11.4 Å². The van der Waals surface area contributed by atoms with Crippen molar-refractivity contribution in [1.82, 2.24) is 10.6 Å². The Morgan fingerprint density at radius 2 is 1.78 bits per heavy atom. The van der Waals surface area contributed by atoms with Crippen LogP contribution in [0, 0.1) is 0 Å². The molecule has 5 nitrogen and oxygen atoms in total. The number of hydrogen-bond donors (Lipinski definition) is 3. The highest BCUT2D eigenvalue weighted by Gasteiger charge is 2.11. The van der Waals surface area contributed by atoms with Gasteiger partial charge in [0.2, 0.25) is 5.91 Å². The van der Waals surface area contributed by atoms with Crippen molar-refractivity contribution in [3.8, 4) is 0 Å². The first-order valence-corrected chi connectivity index (χ1v) is 8.29. The first kappa shape index (κ1) is 19.0. The van der Waals surface area contributed by atoms with Crippen LogP contribution < -0.4 is 16.0 Å². The van der Waals surface area contributed by atoms with Crippen LogP contribution in [0.25, 0.3) is 0 Å². The third-order valence-electron chi connectivity index (χ3n) is 2.97. The van der Waals surface area contributed by atoms with Gasteiger partial charge >= 0.3 is 0 Å². The zero-order valence-corrected chi connectivity index (χ0v) is 15.0. The van der Waals surface area contributed by atoms with Crippen molar-refractivity contribution in [2.75, 3.05) is 11.9 Å². The molecule has 0 aliphatic heterocycles. The highest BCUT2D eigenvalue weighted by atomic mass is 16.1. The fourth-order valence-electron chi connectivity index (χ4n) is 1.98. The minimum absolute atomic E-state index is 0.0333. The van der Waals surface area contributed by atoms with Crippen molar-refractivity contribution in [3.05, 3.63) is 29.8 Å². The van der Waals surface area contributed by atoms with E-state index in [2.05, 4.69) is 41.7 Å². The van der Waals surface area contributed by atoms with Gasteiger partial charge in [-0.05, 0) is 51.8 Å². The molecule has 0 heterocycles. The molecule has 0 saturated carbocycles. The molecule has 0 aliphatic carbocycles. The number of nitrogens with one attached hydrogen (secondary N) is 3. The summed E-state index contributed by atoms with van der Waals surface area (Å²) >= 11 is 0. The van der Waals surface area contributed by atoms with Gasteiger partial charge in [0.25, 0.3) is 0 Å². The van der Waals surface area contributed by atoms with Crippen LogP contribution in [-0.2, 0) is 11.3 Å². The highest BCUT2D eigenvalue weighted by molar-refractivity contribution is 5.90. The van der Waals surface area contributed by atoms with E-state index in [1.54, 1.807) is 0 Å². The topological polar surface area (TPSA) is 65.5 Å². The molecule has 0 aromatic heterocycles. The summed E-state index contributed by atoms with van der Waals surface area (Å²) in [6.45, 7) is 11.8. The molecule has 1 amide bonds. The largest absolute Gasteiger partial charge is 0.357 e. The lowest BCUT2D eigenvalue weighted by Gasteiger charge is -2.23. The summed E-state index contributed by atoms with van der Waals surface area (Å²) in [5.74, 6) is 0.863.